The number of halogens is 2. The molecule has 0 saturated carbocycles. The van der Waals surface area contributed by atoms with E-state index in [1.54, 1.807) is 11.3 Å². The van der Waals surface area contributed by atoms with Crippen molar-refractivity contribution in [3.05, 3.63) is 20.8 Å². The molecule has 1 nitrogen and oxygen atoms in total. The van der Waals surface area contributed by atoms with Crippen molar-refractivity contribution in [2.45, 2.75) is 26.8 Å². The van der Waals surface area contributed by atoms with Crippen LogP contribution in [0.25, 0.3) is 0 Å². The van der Waals surface area contributed by atoms with Gasteiger partial charge in [-0.25, -0.2) is 0 Å². The van der Waals surface area contributed by atoms with Gasteiger partial charge in [-0.05, 0) is 27.4 Å². The Labute approximate surface area is 98.3 Å². The highest BCUT2D eigenvalue weighted by Gasteiger charge is 2.23. The van der Waals surface area contributed by atoms with Gasteiger partial charge in [-0.1, -0.05) is 20.8 Å². The van der Waals surface area contributed by atoms with Crippen molar-refractivity contribution in [1.82, 2.24) is 0 Å². The second-order valence-corrected chi connectivity index (χ2v) is 5.87. The van der Waals surface area contributed by atoms with Crippen LogP contribution >= 0.6 is 39.7 Å². The van der Waals surface area contributed by atoms with Gasteiger partial charge in [-0.3, -0.25) is 0 Å². The first-order valence-electron chi connectivity index (χ1n) is 3.91. The molecule has 0 saturated heterocycles. The summed E-state index contributed by atoms with van der Waals surface area (Å²) in [7, 11) is 0. The third-order valence-electron chi connectivity index (χ3n) is 1.83. The molecule has 0 radical (unpaired) electrons. The Bertz CT molecular complexity index is 267. The molecule has 0 aliphatic heterocycles. The highest BCUT2D eigenvalue weighted by atomic mass is 79.9. The highest BCUT2D eigenvalue weighted by Crippen LogP contribution is 2.34. The SMILES string of the molecule is CC(C)(C)[C@@H](N)c1cc(Br)cs1.Cl. The standard InChI is InChI=1S/C9H14BrNS.ClH/c1-9(2,3)8(11)7-4-6(10)5-12-7;/h4-5,8H,11H2,1-3H3;1H/t8-;/m0./s1. The molecule has 76 valence electrons. The van der Waals surface area contributed by atoms with Crippen LogP contribution in [0.5, 0.6) is 0 Å². The van der Waals surface area contributed by atoms with Crippen LogP contribution in [0.4, 0.5) is 0 Å². The summed E-state index contributed by atoms with van der Waals surface area (Å²) in [5.41, 5.74) is 6.22. The molecule has 0 aromatic carbocycles. The molecular formula is C9H15BrClNS. The monoisotopic (exact) mass is 283 g/mol. The van der Waals surface area contributed by atoms with Crippen molar-refractivity contribution in [2.75, 3.05) is 0 Å². The van der Waals surface area contributed by atoms with Crippen molar-refractivity contribution >= 4 is 39.7 Å². The van der Waals surface area contributed by atoms with Gasteiger partial charge in [0.1, 0.15) is 0 Å². The Morgan fingerprint density at radius 1 is 1.46 bits per heavy atom. The smallest absolute Gasteiger partial charge is 0.0439 e. The van der Waals surface area contributed by atoms with Gasteiger partial charge in [-0.2, -0.15) is 0 Å². The number of thiophene rings is 1. The largest absolute Gasteiger partial charge is 0.323 e. The van der Waals surface area contributed by atoms with E-state index in [-0.39, 0.29) is 23.9 Å². The molecule has 1 atom stereocenters. The van der Waals surface area contributed by atoms with E-state index in [0.29, 0.717) is 0 Å². The highest BCUT2D eigenvalue weighted by molar-refractivity contribution is 9.10. The number of nitrogens with two attached hydrogens (primary N) is 1. The fourth-order valence-electron chi connectivity index (χ4n) is 0.918. The zero-order valence-electron chi connectivity index (χ0n) is 8.00. The average molecular weight is 285 g/mol. The summed E-state index contributed by atoms with van der Waals surface area (Å²) in [4.78, 5) is 1.24. The van der Waals surface area contributed by atoms with E-state index in [1.807, 2.05) is 0 Å². The topological polar surface area (TPSA) is 26.0 Å². The van der Waals surface area contributed by atoms with E-state index >= 15 is 0 Å². The van der Waals surface area contributed by atoms with Gasteiger partial charge in [0, 0.05) is 20.8 Å². The molecule has 0 aliphatic rings. The van der Waals surface area contributed by atoms with E-state index in [9.17, 15) is 0 Å². The fraction of sp³-hybridized carbons (Fsp3) is 0.556. The van der Waals surface area contributed by atoms with Crippen molar-refractivity contribution in [1.29, 1.82) is 0 Å². The number of hydrogen-bond acceptors (Lipinski definition) is 2. The molecule has 0 bridgehead atoms. The first-order chi connectivity index (χ1) is 5.41. The second kappa shape index (κ2) is 4.78. The van der Waals surface area contributed by atoms with Crippen LogP contribution in [-0.2, 0) is 0 Å². The molecule has 0 fully saturated rings. The second-order valence-electron chi connectivity index (χ2n) is 4.01. The molecule has 1 rings (SSSR count). The molecular weight excluding hydrogens is 270 g/mol. The van der Waals surface area contributed by atoms with Gasteiger partial charge in [0.2, 0.25) is 0 Å². The summed E-state index contributed by atoms with van der Waals surface area (Å²) < 4.78 is 1.13. The Balaban J connectivity index is 0.00000144. The zero-order valence-corrected chi connectivity index (χ0v) is 11.2. The molecule has 0 spiro atoms. The first kappa shape index (κ1) is 13.4. The lowest BCUT2D eigenvalue weighted by atomic mass is 9.87. The fourth-order valence-corrected chi connectivity index (χ4v) is 2.61. The van der Waals surface area contributed by atoms with E-state index in [1.165, 1.54) is 4.88 Å². The minimum atomic E-state index is 0. The molecule has 13 heavy (non-hydrogen) atoms. The lowest BCUT2D eigenvalue weighted by Crippen LogP contribution is -2.25. The van der Waals surface area contributed by atoms with E-state index < -0.39 is 0 Å². The molecule has 1 aromatic heterocycles. The third kappa shape index (κ3) is 3.58. The van der Waals surface area contributed by atoms with Crippen molar-refractivity contribution in [3.63, 3.8) is 0 Å². The normalized spacial score (nSPS) is 13.6. The van der Waals surface area contributed by atoms with Gasteiger partial charge in [0.05, 0.1) is 0 Å². The van der Waals surface area contributed by atoms with E-state index in [4.69, 9.17) is 5.73 Å². The molecule has 4 heteroatoms. The maximum atomic E-state index is 6.07. The van der Waals surface area contributed by atoms with Crippen LogP contribution < -0.4 is 5.73 Å². The average Bonchev–Trinajstić information content (AvgIpc) is 2.32. The third-order valence-corrected chi connectivity index (χ3v) is 3.60. The Hall–Kier alpha value is 0.430. The van der Waals surface area contributed by atoms with Crippen molar-refractivity contribution in [3.8, 4) is 0 Å². The van der Waals surface area contributed by atoms with Gasteiger partial charge >= 0.3 is 0 Å². The molecule has 1 heterocycles. The predicted molar refractivity (Wildman–Crippen MR) is 65.7 cm³/mol. The molecule has 0 amide bonds. The van der Waals surface area contributed by atoms with E-state index in [0.717, 1.165) is 4.47 Å². The Morgan fingerprint density at radius 2 is 2.00 bits per heavy atom. The maximum Gasteiger partial charge on any atom is 0.0439 e. The number of rotatable bonds is 1. The molecule has 1 aromatic rings. The van der Waals surface area contributed by atoms with Crippen LogP contribution in [0.3, 0.4) is 0 Å². The van der Waals surface area contributed by atoms with Crippen LogP contribution in [0.1, 0.15) is 31.7 Å². The minimum Gasteiger partial charge on any atom is -0.323 e. The van der Waals surface area contributed by atoms with Gasteiger partial charge in [0.25, 0.3) is 0 Å². The predicted octanol–water partition coefficient (Wildman–Crippen LogP) is 3.98. The van der Waals surface area contributed by atoms with Crippen molar-refractivity contribution in [2.24, 2.45) is 11.1 Å². The van der Waals surface area contributed by atoms with Gasteiger partial charge in [-0.15, -0.1) is 23.7 Å². The van der Waals surface area contributed by atoms with Gasteiger partial charge in [0.15, 0.2) is 0 Å². The molecule has 0 unspecified atom stereocenters. The zero-order chi connectivity index (χ0) is 9.35. The van der Waals surface area contributed by atoms with Crippen LogP contribution in [-0.4, -0.2) is 0 Å². The summed E-state index contributed by atoms with van der Waals surface area (Å²) in [6.45, 7) is 6.47. The summed E-state index contributed by atoms with van der Waals surface area (Å²) >= 11 is 5.13. The molecule has 0 aliphatic carbocycles. The summed E-state index contributed by atoms with van der Waals surface area (Å²) in [5.74, 6) is 0. The lowest BCUT2D eigenvalue weighted by molar-refractivity contribution is 0.331. The van der Waals surface area contributed by atoms with Crippen LogP contribution in [0, 0.1) is 5.41 Å². The van der Waals surface area contributed by atoms with E-state index in [2.05, 4.69) is 48.1 Å². The quantitative estimate of drug-likeness (QED) is 0.829. The summed E-state index contributed by atoms with van der Waals surface area (Å²) in [6.07, 6.45) is 0. The summed E-state index contributed by atoms with van der Waals surface area (Å²) in [6, 6.07) is 2.23. The Morgan fingerprint density at radius 3 is 2.31 bits per heavy atom. The van der Waals surface area contributed by atoms with Crippen molar-refractivity contribution < 1.29 is 0 Å². The minimum absolute atomic E-state index is 0. The number of hydrogen-bond donors (Lipinski definition) is 1. The van der Waals surface area contributed by atoms with Crippen LogP contribution in [0.2, 0.25) is 0 Å². The Kier molecular flexibility index (Phi) is 4.94. The first-order valence-corrected chi connectivity index (χ1v) is 5.58. The van der Waals surface area contributed by atoms with Crippen LogP contribution in [0.15, 0.2) is 15.9 Å². The molecule has 2 N–H and O–H groups in total. The summed E-state index contributed by atoms with van der Waals surface area (Å²) in [5, 5.41) is 2.07. The lowest BCUT2D eigenvalue weighted by Gasteiger charge is -2.25. The maximum absolute atomic E-state index is 6.07. The van der Waals surface area contributed by atoms with Gasteiger partial charge < -0.3 is 5.73 Å².